The monoisotopic (exact) mass is 307 g/mol. The van der Waals surface area contributed by atoms with Gasteiger partial charge in [0.25, 0.3) is 0 Å². The molecule has 118 valence electrons. The van der Waals surface area contributed by atoms with Gasteiger partial charge in [-0.3, -0.25) is 4.98 Å². The Morgan fingerprint density at radius 1 is 1.00 bits per heavy atom. The number of aliphatic hydroxyl groups is 1. The van der Waals surface area contributed by atoms with Crippen LogP contribution in [-0.2, 0) is 4.65 Å². The second kappa shape index (κ2) is 5.62. The fraction of sp³-hybridized carbons (Fsp3) is 0.316. The predicted molar refractivity (Wildman–Crippen MR) is 97.5 cm³/mol. The Kier molecular flexibility index (Phi) is 3.90. The Balaban J connectivity index is 1.91. The van der Waals surface area contributed by atoms with E-state index in [-0.39, 0.29) is 0 Å². The first kappa shape index (κ1) is 16.0. The van der Waals surface area contributed by atoms with E-state index in [4.69, 9.17) is 4.65 Å². The molecule has 0 saturated heterocycles. The van der Waals surface area contributed by atoms with Crippen molar-refractivity contribution >= 4 is 34.6 Å². The number of hydrogen-bond donors (Lipinski definition) is 1. The molecular weight excluding hydrogens is 285 g/mol. The minimum absolute atomic E-state index is 0.423. The quantitative estimate of drug-likeness (QED) is 0.595. The molecule has 0 saturated carbocycles. The van der Waals surface area contributed by atoms with E-state index in [1.165, 1.54) is 5.39 Å². The molecule has 0 amide bonds. The van der Waals surface area contributed by atoms with Gasteiger partial charge >= 0.3 is 7.48 Å². The molecule has 23 heavy (non-hydrogen) atoms. The minimum Gasteiger partial charge on any atom is -0.427 e. The minimum atomic E-state index is -0.909. The lowest BCUT2D eigenvalue weighted by Gasteiger charge is -2.37. The van der Waals surface area contributed by atoms with Crippen LogP contribution in [0.1, 0.15) is 27.7 Å². The van der Waals surface area contributed by atoms with E-state index in [9.17, 15) is 5.11 Å². The van der Waals surface area contributed by atoms with Gasteiger partial charge in [0.15, 0.2) is 0 Å². The smallest absolute Gasteiger partial charge is 0.311 e. The lowest BCUT2D eigenvalue weighted by molar-refractivity contribution is -0.0893. The molecule has 2 aromatic carbocycles. The topological polar surface area (TPSA) is 42.4 Å². The number of nitrogens with zero attached hydrogens (tertiary/aromatic N) is 1. The van der Waals surface area contributed by atoms with Gasteiger partial charge in [-0.2, -0.15) is 0 Å². The van der Waals surface area contributed by atoms with Crippen LogP contribution in [-0.4, -0.2) is 28.8 Å². The molecule has 1 aromatic heterocycles. The van der Waals surface area contributed by atoms with Crippen LogP contribution in [0.25, 0.3) is 21.7 Å². The normalized spacial score (nSPS) is 12.7. The SMILES string of the molecule is CC(C)(O)C(C)(C)OBc1cnc2c(ccc3ccccc32)c1. The molecule has 0 aliphatic carbocycles. The highest BCUT2D eigenvalue weighted by Gasteiger charge is 2.35. The van der Waals surface area contributed by atoms with Gasteiger partial charge in [0.1, 0.15) is 0 Å². The summed E-state index contributed by atoms with van der Waals surface area (Å²) >= 11 is 0. The van der Waals surface area contributed by atoms with Gasteiger partial charge in [0.05, 0.1) is 16.7 Å². The fourth-order valence-corrected chi connectivity index (χ4v) is 2.44. The summed E-state index contributed by atoms with van der Waals surface area (Å²) in [5.41, 5.74) is 0.470. The molecule has 3 aromatic rings. The maximum absolute atomic E-state index is 10.2. The number of benzene rings is 2. The summed E-state index contributed by atoms with van der Waals surface area (Å²) in [6, 6.07) is 14.6. The van der Waals surface area contributed by atoms with Gasteiger partial charge in [-0.05, 0) is 38.5 Å². The number of fused-ring (bicyclic) bond motifs is 3. The zero-order valence-corrected chi connectivity index (χ0v) is 14.1. The Labute approximate surface area is 137 Å². The van der Waals surface area contributed by atoms with Crippen LogP contribution in [0.5, 0.6) is 0 Å². The van der Waals surface area contributed by atoms with Gasteiger partial charge in [0.2, 0.25) is 0 Å². The van der Waals surface area contributed by atoms with Crippen LogP contribution in [0.15, 0.2) is 48.7 Å². The molecule has 0 fully saturated rings. The van der Waals surface area contributed by atoms with Gasteiger partial charge in [-0.25, -0.2) is 0 Å². The molecule has 3 rings (SSSR count). The van der Waals surface area contributed by atoms with Crippen molar-refractivity contribution in [2.75, 3.05) is 0 Å². The van der Waals surface area contributed by atoms with E-state index >= 15 is 0 Å². The lowest BCUT2D eigenvalue weighted by Crippen LogP contribution is -2.49. The largest absolute Gasteiger partial charge is 0.427 e. The molecule has 0 unspecified atom stereocenters. The van der Waals surface area contributed by atoms with Crippen LogP contribution >= 0.6 is 0 Å². The zero-order chi connectivity index (χ0) is 16.7. The highest BCUT2D eigenvalue weighted by molar-refractivity contribution is 6.47. The Morgan fingerprint density at radius 2 is 1.70 bits per heavy atom. The Bertz CT molecular complexity index is 853. The van der Waals surface area contributed by atoms with Crippen LogP contribution in [0.2, 0.25) is 0 Å². The number of hydrogen-bond acceptors (Lipinski definition) is 3. The van der Waals surface area contributed by atoms with Crippen molar-refractivity contribution < 1.29 is 9.76 Å². The molecule has 4 heteroatoms. The first-order valence-electron chi connectivity index (χ1n) is 7.91. The zero-order valence-electron chi connectivity index (χ0n) is 14.1. The van der Waals surface area contributed by atoms with E-state index in [1.807, 2.05) is 32.2 Å². The summed E-state index contributed by atoms with van der Waals surface area (Å²) in [4.78, 5) is 4.63. The third-order valence-corrected chi connectivity index (χ3v) is 4.71. The third-order valence-electron chi connectivity index (χ3n) is 4.71. The van der Waals surface area contributed by atoms with Crippen molar-refractivity contribution in [1.82, 2.24) is 4.98 Å². The summed E-state index contributed by atoms with van der Waals surface area (Å²) in [5, 5.41) is 13.6. The molecule has 0 aliphatic rings. The fourth-order valence-electron chi connectivity index (χ4n) is 2.44. The van der Waals surface area contributed by atoms with Gasteiger partial charge in [0, 0.05) is 17.0 Å². The molecule has 3 nitrogen and oxygen atoms in total. The predicted octanol–water partition coefficient (Wildman–Crippen LogP) is 2.93. The van der Waals surface area contributed by atoms with E-state index in [1.54, 1.807) is 13.8 Å². The Morgan fingerprint density at radius 3 is 2.43 bits per heavy atom. The summed E-state index contributed by atoms with van der Waals surface area (Å²) < 4.78 is 5.93. The van der Waals surface area contributed by atoms with Crippen molar-refractivity contribution in [3.8, 4) is 0 Å². The maximum Gasteiger partial charge on any atom is 0.311 e. The van der Waals surface area contributed by atoms with Gasteiger partial charge in [-0.15, -0.1) is 0 Å². The van der Waals surface area contributed by atoms with Crippen molar-refractivity contribution in [1.29, 1.82) is 0 Å². The average Bonchev–Trinajstić information content (AvgIpc) is 2.51. The maximum atomic E-state index is 10.2. The van der Waals surface area contributed by atoms with E-state index < -0.39 is 11.2 Å². The third kappa shape index (κ3) is 3.10. The summed E-state index contributed by atoms with van der Waals surface area (Å²) in [5.74, 6) is 0. The lowest BCUT2D eigenvalue weighted by atomic mass is 9.83. The van der Waals surface area contributed by atoms with Crippen LogP contribution in [0.3, 0.4) is 0 Å². The molecular formula is C19H22BNO2. The molecule has 1 heterocycles. The average molecular weight is 307 g/mol. The van der Waals surface area contributed by atoms with Gasteiger partial charge < -0.3 is 9.76 Å². The molecule has 0 atom stereocenters. The van der Waals surface area contributed by atoms with Gasteiger partial charge in [-0.1, -0.05) is 42.5 Å². The van der Waals surface area contributed by atoms with Crippen molar-refractivity contribution in [3.05, 3.63) is 48.7 Å². The first-order valence-corrected chi connectivity index (χ1v) is 7.91. The molecule has 0 spiro atoms. The number of aromatic nitrogens is 1. The van der Waals surface area contributed by atoms with E-state index in [2.05, 4.69) is 35.3 Å². The number of rotatable bonds is 4. The van der Waals surface area contributed by atoms with Crippen molar-refractivity contribution in [2.24, 2.45) is 0 Å². The second-order valence-electron chi connectivity index (χ2n) is 7.06. The summed E-state index contributed by atoms with van der Waals surface area (Å²) in [6.45, 7) is 7.32. The molecule has 0 bridgehead atoms. The summed E-state index contributed by atoms with van der Waals surface area (Å²) in [7, 11) is 0.423. The standard InChI is InChI=1S/C19H22BNO2/c1-18(2,22)19(3,4)23-20-15-11-14-10-9-13-7-5-6-8-16(13)17(14)21-12-15/h5-12,20,22H,1-4H3. The van der Waals surface area contributed by atoms with E-state index in [0.717, 1.165) is 21.8 Å². The summed E-state index contributed by atoms with van der Waals surface area (Å²) in [6.07, 6.45) is 1.86. The molecule has 1 N–H and O–H groups in total. The second-order valence-corrected chi connectivity index (χ2v) is 7.06. The highest BCUT2D eigenvalue weighted by Crippen LogP contribution is 2.25. The Hall–Kier alpha value is -1.91. The molecule has 0 radical (unpaired) electrons. The van der Waals surface area contributed by atoms with Crippen molar-refractivity contribution in [3.63, 3.8) is 0 Å². The highest BCUT2D eigenvalue weighted by atomic mass is 16.5. The van der Waals surface area contributed by atoms with Crippen LogP contribution in [0.4, 0.5) is 0 Å². The van der Waals surface area contributed by atoms with E-state index in [0.29, 0.717) is 7.48 Å². The molecule has 0 aliphatic heterocycles. The van der Waals surface area contributed by atoms with Crippen LogP contribution in [0, 0.1) is 0 Å². The van der Waals surface area contributed by atoms with Crippen molar-refractivity contribution in [2.45, 2.75) is 38.9 Å². The number of pyridine rings is 1. The van der Waals surface area contributed by atoms with Crippen LogP contribution < -0.4 is 5.46 Å². The first-order chi connectivity index (χ1) is 10.8.